The molecule has 1 aromatic carbocycles. The molecule has 3 aromatic rings. The van der Waals surface area contributed by atoms with Crippen LogP contribution in [0.5, 0.6) is 5.75 Å². The Morgan fingerprint density at radius 3 is 2.85 bits per heavy atom. The number of hydrogen-bond donors (Lipinski definition) is 2. The van der Waals surface area contributed by atoms with Gasteiger partial charge in [0.25, 0.3) is 0 Å². The van der Waals surface area contributed by atoms with Gasteiger partial charge in [0.2, 0.25) is 5.91 Å². The van der Waals surface area contributed by atoms with E-state index in [1.165, 1.54) is 13.3 Å². The Morgan fingerprint density at radius 1 is 1.35 bits per heavy atom. The average molecular weight is 500 g/mol. The number of amides is 1. The van der Waals surface area contributed by atoms with Crippen LogP contribution < -0.4 is 21.3 Å². The molecule has 2 aromatic heterocycles. The third kappa shape index (κ3) is 4.76. The minimum Gasteiger partial charge on any atom is -0.495 e. The predicted molar refractivity (Wildman–Crippen MR) is 134 cm³/mol. The average Bonchev–Trinajstić information content (AvgIpc) is 3.25. The molecule has 1 aliphatic rings. The predicted octanol–water partition coefficient (Wildman–Crippen LogP) is 3.26. The van der Waals surface area contributed by atoms with Gasteiger partial charge in [0.05, 0.1) is 24.0 Å². The van der Waals surface area contributed by atoms with E-state index >= 15 is 0 Å². The molecule has 0 radical (unpaired) electrons. The lowest BCUT2D eigenvalue weighted by molar-refractivity contribution is -0.119. The number of carbonyl (C=O) groups excluding carboxylic acids is 1. The first kappa shape index (κ1) is 23.7. The molecule has 0 bridgehead atoms. The highest BCUT2D eigenvalue weighted by Gasteiger charge is 2.22. The normalized spacial score (nSPS) is 17.1. The number of halogens is 2. The number of nitrogens with two attached hydrogens (primary N) is 1. The van der Waals surface area contributed by atoms with Gasteiger partial charge in [-0.3, -0.25) is 14.8 Å². The summed E-state index contributed by atoms with van der Waals surface area (Å²) < 4.78 is 7.21. The fourth-order valence-corrected chi connectivity index (χ4v) is 4.27. The van der Waals surface area contributed by atoms with E-state index < -0.39 is 0 Å². The quantitative estimate of drug-likeness (QED) is 0.504. The highest BCUT2D eigenvalue weighted by Crippen LogP contribution is 2.39. The Bertz CT molecular complexity index is 1380. The largest absolute Gasteiger partial charge is 0.495 e. The molecule has 1 aliphatic heterocycles. The third-order valence-electron chi connectivity index (χ3n) is 5.41. The molecule has 1 fully saturated rings. The van der Waals surface area contributed by atoms with Crippen LogP contribution in [0, 0.1) is 0 Å². The number of aliphatic imine (C=N–C) groups is 1. The molecule has 11 heteroatoms. The van der Waals surface area contributed by atoms with Gasteiger partial charge >= 0.3 is 0 Å². The number of nitrogens with one attached hydrogen (secondary N) is 1. The standard InChI is InChI=1S/C23H23Cl2N7O2/c1-27-10-13(9-26)17-11-28-16-5-7-19(31-22-15(24)4-6-18(34-2)21(22)25)32(23(16)30-17)12-14-3-8-20(33)29-14/h4-7,9-11,14H,3,8,12,26H2,1-2H3,(H,29,33). The van der Waals surface area contributed by atoms with Gasteiger partial charge in [-0.2, -0.15) is 0 Å². The van der Waals surface area contributed by atoms with Crippen molar-refractivity contribution in [2.75, 3.05) is 14.2 Å². The van der Waals surface area contributed by atoms with Gasteiger partial charge in [-0.05, 0) is 30.7 Å². The SMILES string of the molecule is CN=CC(=CN)c1cnc2ccc(=Nc3c(Cl)ccc(OC)c3Cl)n(CC3CCC(=O)N3)c2n1. The second-order valence-electron chi connectivity index (χ2n) is 7.60. The van der Waals surface area contributed by atoms with Crippen LogP contribution >= 0.6 is 23.2 Å². The molecule has 4 rings (SSSR count). The summed E-state index contributed by atoms with van der Waals surface area (Å²) in [7, 11) is 3.18. The topological polar surface area (TPSA) is 120 Å². The molecule has 3 heterocycles. The molecule has 1 saturated heterocycles. The number of rotatable bonds is 6. The number of nitrogens with zero attached hydrogens (tertiary/aromatic N) is 5. The minimum absolute atomic E-state index is 0.0162. The number of carbonyl (C=O) groups is 1. The summed E-state index contributed by atoms with van der Waals surface area (Å²) in [6.45, 7) is 0.433. The summed E-state index contributed by atoms with van der Waals surface area (Å²) >= 11 is 12.9. The number of fused-ring (bicyclic) bond motifs is 1. The lowest BCUT2D eigenvalue weighted by Gasteiger charge is -2.17. The Morgan fingerprint density at radius 2 is 2.18 bits per heavy atom. The second-order valence-corrected chi connectivity index (χ2v) is 8.39. The molecule has 9 nitrogen and oxygen atoms in total. The van der Waals surface area contributed by atoms with Crippen LogP contribution in [0.3, 0.4) is 0 Å². The Hall–Kier alpha value is -3.43. The number of pyridine rings is 1. The number of hydrogen-bond acceptors (Lipinski definition) is 7. The zero-order valence-electron chi connectivity index (χ0n) is 18.6. The Balaban J connectivity index is 1.97. The molecule has 1 amide bonds. The molecular weight excluding hydrogens is 477 g/mol. The maximum absolute atomic E-state index is 11.8. The van der Waals surface area contributed by atoms with Crippen molar-refractivity contribution in [2.24, 2.45) is 15.7 Å². The monoisotopic (exact) mass is 499 g/mol. The van der Waals surface area contributed by atoms with Crippen molar-refractivity contribution in [3.8, 4) is 5.75 Å². The summed E-state index contributed by atoms with van der Waals surface area (Å²) in [4.78, 5) is 30.0. The van der Waals surface area contributed by atoms with Crippen LogP contribution in [0.1, 0.15) is 18.5 Å². The Labute approximate surface area is 206 Å². The summed E-state index contributed by atoms with van der Waals surface area (Å²) in [6, 6.07) is 6.90. The van der Waals surface area contributed by atoms with E-state index in [2.05, 4.69) is 15.3 Å². The maximum atomic E-state index is 11.8. The van der Waals surface area contributed by atoms with E-state index in [0.717, 1.165) is 0 Å². The highest BCUT2D eigenvalue weighted by atomic mass is 35.5. The first-order valence-corrected chi connectivity index (χ1v) is 11.3. The maximum Gasteiger partial charge on any atom is 0.220 e. The van der Waals surface area contributed by atoms with Crippen LogP contribution in [-0.4, -0.2) is 46.9 Å². The highest BCUT2D eigenvalue weighted by molar-refractivity contribution is 6.39. The van der Waals surface area contributed by atoms with Gasteiger partial charge in [-0.25, -0.2) is 9.98 Å². The van der Waals surface area contributed by atoms with Crippen molar-refractivity contribution in [1.82, 2.24) is 19.9 Å². The van der Waals surface area contributed by atoms with Crippen LogP contribution in [-0.2, 0) is 11.3 Å². The van der Waals surface area contributed by atoms with Gasteiger partial charge in [-0.1, -0.05) is 23.2 Å². The summed E-state index contributed by atoms with van der Waals surface area (Å²) in [6.07, 6.45) is 5.85. The summed E-state index contributed by atoms with van der Waals surface area (Å²) in [5, 5.41) is 3.66. The molecular formula is C23H23Cl2N7O2. The van der Waals surface area contributed by atoms with Crippen LogP contribution in [0.15, 0.2) is 46.6 Å². The van der Waals surface area contributed by atoms with Crippen molar-refractivity contribution in [1.29, 1.82) is 0 Å². The zero-order valence-corrected chi connectivity index (χ0v) is 20.1. The Kier molecular flexibility index (Phi) is 7.14. The van der Waals surface area contributed by atoms with Gasteiger partial charge in [-0.15, -0.1) is 0 Å². The van der Waals surface area contributed by atoms with Crippen molar-refractivity contribution in [2.45, 2.75) is 25.4 Å². The number of benzene rings is 1. The molecule has 34 heavy (non-hydrogen) atoms. The van der Waals surface area contributed by atoms with E-state index in [9.17, 15) is 4.79 Å². The van der Waals surface area contributed by atoms with Crippen molar-refractivity contribution in [3.63, 3.8) is 0 Å². The van der Waals surface area contributed by atoms with Crippen molar-refractivity contribution < 1.29 is 9.53 Å². The van der Waals surface area contributed by atoms with Crippen LogP contribution in [0.2, 0.25) is 10.0 Å². The van der Waals surface area contributed by atoms with Crippen LogP contribution in [0.25, 0.3) is 16.7 Å². The fourth-order valence-electron chi connectivity index (χ4n) is 3.74. The lowest BCUT2D eigenvalue weighted by atomic mass is 10.2. The molecule has 1 unspecified atom stereocenters. The van der Waals surface area contributed by atoms with E-state index in [0.29, 0.717) is 68.8 Å². The van der Waals surface area contributed by atoms with Gasteiger partial charge < -0.3 is 20.4 Å². The molecule has 1 atom stereocenters. The van der Waals surface area contributed by atoms with E-state index in [1.54, 1.807) is 31.6 Å². The molecule has 3 N–H and O–H groups in total. The smallest absolute Gasteiger partial charge is 0.220 e. The van der Waals surface area contributed by atoms with Crippen LogP contribution in [0.4, 0.5) is 5.69 Å². The zero-order chi connectivity index (χ0) is 24.2. The third-order valence-corrected chi connectivity index (χ3v) is 6.08. The number of aromatic nitrogens is 3. The summed E-state index contributed by atoms with van der Waals surface area (Å²) in [5.74, 6) is 0.473. The van der Waals surface area contributed by atoms with Crippen molar-refractivity contribution in [3.05, 3.63) is 57.9 Å². The van der Waals surface area contributed by atoms with Gasteiger partial charge in [0, 0.05) is 44.0 Å². The molecule has 176 valence electrons. The van der Waals surface area contributed by atoms with E-state index in [1.807, 2.05) is 16.7 Å². The van der Waals surface area contributed by atoms with E-state index in [-0.39, 0.29) is 11.9 Å². The number of ether oxygens (including phenoxy) is 1. The second kappa shape index (κ2) is 10.2. The summed E-state index contributed by atoms with van der Waals surface area (Å²) in [5.41, 5.74) is 9.09. The van der Waals surface area contributed by atoms with Crippen molar-refractivity contribution >= 4 is 57.7 Å². The number of methoxy groups -OCH3 is 1. The molecule has 0 spiro atoms. The first-order chi connectivity index (χ1) is 16.4. The number of allylic oxidation sites excluding steroid dienone is 1. The lowest BCUT2D eigenvalue weighted by Crippen LogP contribution is -2.34. The van der Waals surface area contributed by atoms with Gasteiger partial charge in [0.15, 0.2) is 5.65 Å². The fraction of sp³-hybridized carbons (Fsp3) is 0.261. The minimum atomic E-state index is -0.0829. The molecule has 0 saturated carbocycles. The molecule has 0 aliphatic carbocycles. The van der Waals surface area contributed by atoms with E-state index in [4.69, 9.17) is 43.6 Å². The first-order valence-electron chi connectivity index (χ1n) is 10.5. The van der Waals surface area contributed by atoms with Gasteiger partial charge in [0.1, 0.15) is 27.5 Å².